The summed E-state index contributed by atoms with van der Waals surface area (Å²) in [6.07, 6.45) is 3.82. The molecule has 3 aromatic rings. The zero-order valence-corrected chi connectivity index (χ0v) is 19.9. The minimum Gasteiger partial charge on any atom is -0.391 e. The average Bonchev–Trinajstić information content (AvgIpc) is 2.86. The molecule has 0 aliphatic rings. The molecular weight excluding hydrogens is 408 g/mol. The van der Waals surface area contributed by atoms with Gasteiger partial charge >= 0.3 is 0 Å². The van der Waals surface area contributed by atoms with Crippen LogP contribution in [0.25, 0.3) is 16.7 Å². The summed E-state index contributed by atoms with van der Waals surface area (Å²) in [5.41, 5.74) is 7.72. The lowest BCUT2D eigenvalue weighted by Gasteiger charge is -2.14. The lowest BCUT2D eigenvalue weighted by atomic mass is 9.95. The molecule has 3 aromatic carbocycles. The third kappa shape index (κ3) is 6.19. The molecule has 0 atom stereocenters. The smallest absolute Gasteiger partial charge is 0.251 e. The Balaban J connectivity index is 1.82. The van der Waals surface area contributed by atoms with Gasteiger partial charge in [-0.15, -0.1) is 0 Å². The minimum absolute atomic E-state index is 0.0901. The summed E-state index contributed by atoms with van der Waals surface area (Å²) >= 11 is 0. The normalized spacial score (nSPS) is 11.9. The molecule has 0 heterocycles. The third-order valence-corrected chi connectivity index (χ3v) is 5.61. The second kappa shape index (κ2) is 11.8. The molecular formula is C29H32N2O2. The molecule has 3 rings (SSSR count). The highest BCUT2D eigenvalue weighted by atomic mass is 16.6. The van der Waals surface area contributed by atoms with E-state index in [1.54, 1.807) is 7.05 Å². The average molecular weight is 441 g/mol. The number of carbonyl (C=O) groups is 1. The summed E-state index contributed by atoms with van der Waals surface area (Å²) in [7, 11) is 1.66. The van der Waals surface area contributed by atoms with Gasteiger partial charge in [0.15, 0.2) is 0 Å². The van der Waals surface area contributed by atoms with E-state index in [0.29, 0.717) is 5.57 Å². The Morgan fingerprint density at radius 1 is 1.00 bits per heavy atom. The zero-order chi connectivity index (χ0) is 23.6. The van der Waals surface area contributed by atoms with E-state index in [-0.39, 0.29) is 12.5 Å². The van der Waals surface area contributed by atoms with Gasteiger partial charge in [0, 0.05) is 18.2 Å². The van der Waals surface area contributed by atoms with Crippen LogP contribution < -0.4 is 5.32 Å². The summed E-state index contributed by atoms with van der Waals surface area (Å²) in [4.78, 5) is 18.3. The predicted octanol–water partition coefficient (Wildman–Crippen LogP) is 6.53. The second-order valence-electron chi connectivity index (χ2n) is 7.98. The molecule has 0 fully saturated rings. The first-order valence-electron chi connectivity index (χ1n) is 11.4. The fourth-order valence-corrected chi connectivity index (χ4v) is 3.70. The number of unbranched alkanes of at least 4 members (excludes halogenated alkanes) is 1. The number of rotatable bonds is 9. The van der Waals surface area contributed by atoms with Crippen molar-refractivity contribution in [3.63, 3.8) is 0 Å². The number of amides is 1. The van der Waals surface area contributed by atoms with Gasteiger partial charge in [-0.1, -0.05) is 91.3 Å². The summed E-state index contributed by atoms with van der Waals surface area (Å²) in [6, 6.07) is 24.5. The Morgan fingerprint density at radius 3 is 2.45 bits per heavy atom. The lowest BCUT2D eigenvalue weighted by Crippen LogP contribution is -2.20. The van der Waals surface area contributed by atoms with Crippen LogP contribution in [0.3, 0.4) is 0 Å². The number of aryl methyl sites for hydroxylation is 1. The first kappa shape index (κ1) is 24.0. The van der Waals surface area contributed by atoms with Crippen LogP contribution in [0.15, 0.2) is 84.0 Å². The molecule has 170 valence electrons. The van der Waals surface area contributed by atoms with Gasteiger partial charge in [0.2, 0.25) is 0 Å². The number of nitrogens with zero attached hydrogens (tertiary/aromatic N) is 1. The summed E-state index contributed by atoms with van der Waals surface area (Å²) in [5, 5.41) is 7.15. The highest BCUT2D eigenvalue weighted by Crippen LogP contribution is 2.25. The van der Waals surface area contributed by atoms with Crippen LogP contribution in [0.1, 0.15) is 48.9 Å². The van der Waals surface area contributed by atoms with Crippen LogP contribution in [0.4, 0.5) is 0 Å². The van der Waals surface area contributed by atoms with Crippen LogP contribution in [-0.2, 0) is 16.2 Å². The van der Waals surface area contributed by atoms with E-state index >= 15 is 0 Å². The van der Waals surface area contributed by atoms with E-state index in [4.69, 9.17) is 4.84 Å². The molecule has 33 heavy (non-hydrogen) atoms. The van der Waals surface area contributed by atoms with Crippen molar-refractivity contribution in [2.45, 2.75) is 40.2 Å². The fraction of sp³-hybridized carbons (Fsp3) is 0.241. The number of hydrogen-bond acceptors (Lipinski definition) is 3. The highest BCUT2D eigenvalue weighted by Gasteiger charge is 2.16. The first-order chi connectivity index (χ1) is 16.0. The number of carbonyl (C=O) groups excluding carboxylic acids is 1. The monoisotopic (exact) mass is 440 g/mol. The molecule has 0 saturated carbocycles. The van der Waals surface area contributed by atoms with E-state index in [0.717, 1.165) is 46.4 Å². The van der Waals surface area contributed by atoms with Crippen molar-refractivity contribution in [1.29, 1.82) is 0 Å². The predicted molar refractivity (Wildman–Crippen MR) is 137 cm³/mol. The summed E-state index contributed by atoms with van der Waals surface area (Å²) in [6.45, 7) is 6.37. The molecule has 0 aromatic heterocycles. The van der Waals surface area contributed by atoms with Gasteiger partial charge in [-0.05, 0) is 54.2 Å². The van der Waals surface area contributed by atoms with Crippen LogP contribution in [0.2, 0.25) is 0 Å². The van der Waals surface area contributed by atoms with Gasteiger partial charge in [-0.3, -0.25) is 4.79 Å². The van der Waals surface area contributed by atoms with Crippen LogP contribution in [0, 0.1) is 6.92 Å². The first-order valence-corrected chi connectivity index (χ1v) is 11.4. The number of likely N-dealkylation sites (N-methyl/N-ethyl adjacent to an activating group) is 1. The zero-order valence-electron chi connectivity index (χ0n) is 19.9. The Kier molecular flexibility index (Phi) is 8.59. The van der Waals surface area contributed by atoms with E-state index in [9.17, 15) is 4.79 Å². The summed E-state index contributed by atoms with van der Waals surface area (Å²) in [5.74, 6) is -0.0901. The van der Waals surface area contributed by atoms with Crippen molar-refractivity contribution in [2.24, 2.45) is 5.16 Å². The van der Waals surface area contributed by atoms with Crippen molar-refractivity contribution >= 4 is 17.2 Å². The molecule has 0 aliphatic heterocycles. The van der Waals surface area contributed by atoms with Gasteiger partial charge < -0.3 is 10.2 Å². The molecule has 4 heteroatoms. The van der Waals surface area contributed by atoms with E-state index < -0.39 is 0 Å². The van der Waals surface area contributed by atoms with Crippen molar-refractivity contribution in [2.75, 3.05) is 7.05 Å². The highest BCUT2D eigenvalue weighted by molar-refractivity contribution is 6.19. The van der Waals surface area contributed by atoms with E-state index in [2.05, 4.69) is 41.7 Å². The van der Waals surface area contributed by atoms with Gasteiger partial charge in [0.25, 0.3) is 5.91 Å². The molecule has 0 aliphatic carbocycles. The number of benzene rings is 3. The molecule has 0 radical (unpaired) electrons. The SMILES string of the molecule is CCC/C=C(\C(=O)NC)c1cccc(C)c1CO/N=C(\C)c1cccc(-c2ccccc2)c1. The maximum Gasteiger partial charge on any atom is 0.251 e. The maximum absolute atomic E-state index is 12.5. The van der Waals surface area contributed by atoms with Crippen LogP contribution in [0.5, 0.6) is 0 Å². The largest absolute Gasteiger partial charge is 0.391 e. The standard InChI is InChI=1S/C29H32N2O2/c1-5-6-17-27(29(32)30-4)26-18-10-12-21(2)28(26)20-33-31-22(3)24-15-11-16-25(19-24)23-13-8-7-9-14-23/h7-19H,5-6,20H2,1-4H3,(H,30,32)/b27-17-,31-22+. The van der Waals surface area contributed by atoms with Crippen molar-refractivity contribution in [3.05, 3.63) is 101 Å². The van der Waals surface area contributed by atoms with E-state index in [1.807, 2.05) is 68.5 Å². The number of oxime groups is 1. The Hall–Kier alpha value is -3.66. The van der Waals surface area contributed by atoms with Crippen molar-refractivity contribution in [3.8, 4) is 11.1 Å². The fourth-order valence-electron chi connectivity index (χ4n) is 3.70. The van der Waals surface area contributed by atoms with Crippen LogP contribution in [-0.4, -0.2) is 18.7 Å². The molecule has 0 saturated heterocycles. The molecule has 0 bridgehead atoms. The Labute approximate surface area is 197 Å². The second-order valence-corrected chi connectivity index (χ2v) is 7.98. The number of hydrogen-bond donors (Lipinski definition) is 1. The van der Waals surface area contributed by atoms with Crippen molar-refractivity contribution in [1.82, 2.24) is 5.32 Å². The number of allylic oxidation sites excluding steroid dienone is 1. The van der Waals surface area contributed by atoms with Gasteiger partial charge in [-0.25, -0.2) is 0 Å². The summed E-state index contributed by atoms with van der Waals surface area (Å²) < 4.78 is 0. The molecule has 1 N–H and O–H groups in total. The maximum atomic E-state index is 12.5. The topological polar surface area (TPSA) is 50.7 Å². The quantitative estimate of drug-likeness (QED) is 0.234. The van der Waals surface area contributed by atoms with Crippen LogP contribution >= 0.6 is 0 Å². The van der Waals surface area contributed by atoms with Crippen molar-refractivity contribution < 1.29 is 9.63 Å². The number of nitrogens with one attached hydrogen (secondary N) is 1. The molecule has 1 amide bonds. The minimum atomic E-state index is -0.0901. The van der Waals surface area contributed by atoms with Gasteiger partial charge in [-0.2, -0.15) is 0 Å². The third-order valence-electron chi connectivity index (χ3n) is 5.61. The Morgan fingerprint density at radius 2 is 1.73 bits per heavy atom. The Bertz CT molecular complexity index is 1150. The van der Waals surface area contributed by atoms with Gasteiger partial charge in [0.1, 0.15) is 6.61 Å². The lowest BCUT2D eigenvalue weighted by molar-refractivity contribution is -0.115. The molecule has 0 unspecified atom stereocenters. The molecule has 0 spiro atoms. The van der Waals surface area contributed by atoms with Gasteiger partial charge in [0.05, 0.1) is 5.71 Å². The van der Waals surface area contributed by atoms with E-state index in [1.165, 1.54) is 5.56 Å². The molecule has 4 nitrogen and oxygen atoms in total.